The van der Waals surface area contributed by atoms with Gasteiger partial charge in [0.15, 0.2) is 11.6 Å². The van der Waals surface area contributed by atoms with Gasteiger partial charge in [-0.15, -0.1) is 10.2 Å². The molecular formula is C17H21F2N5O. The second kappa shape index (κ2) is 7.58. The first kappa shape index (κ1) is 17.3. The molecule has 0 unspecified atom stereocenters. The van der Waals surface area contributed by atoms with Crippen molar-refractivity contribution >= 4 is 6.03 Å². The number of aromatic nitrogens is 3. The molecule has 0 saturated carbocycles. The topological polar surface area (TPSA) is 71.8 Å². The molecule has 1 atom stereocenters. The predicted octanol–water partition coefficient (Wildman–Crippen LogP) is 2.15. The number of carbonyl (C=O) groups excluding carboxylic acids is 1. The molecule has 0 bridgehead atoms. The number of halogens is 2. The summed E-state index contributed by atoms with van der Waals surface area (Å²) < 4.78 is 28.3. The van der Waals surface area contributed by atoms with Crippen molar-refractivity contribution in [2.45, 2.75) is 38.6 Å². The van der Waals surface area contributed by atoms with Crippen molar-refractivity contribution in [3.63, 3.8) is 0 Å². The lowest BCUT2D eigenvalue weighted by Gasteiger charge is -2.14. The average molecular weight is 349 g/mol. The van der Waals surface area contributed by atoms with E-state index >= 15 is 0 Å². The highest BCUT2D eigenvalue weighted by atomic mass is 19.2. The molecule has 25 heavy (non-hydrogen) atoms. The number of hydrogen-bond donors (Lipinski definition) is 2. The minimum Gasteiger partial charge on any atom is -0.338 e. The number of benzene rings is 1. The van der Waals surface area contributed by atoms with Crippen molar-refractivity contribution in [3.8, 4) is 0 Å². The monoisotopic (exact) mass is 349 g/mol. The standard InChI is InChI=1S/C17H21F2N5O/c1-11(12-4-5-13(18)14(19)9-12)10-21-17(25)20-7-6-16-23-22-15-3-2-8-24(15)16/h4-5,9,11H,2-3,6-8,10H2,1H3,(H2,20,21,25)/t11-/m0/s1. The molecule has 3 rings (SSSR count). The van der Waals surface area contributed by atoms with Crippen LogP contribution < -0.4 is 10.6 Å². The van der Waals surface area contributed by atoms with Gasteiger partial charge in [0.25, 0.3) is 0 Å². The predicted molar refractivity (Wildman–Crippen MR) is 88.2 cm³/mol. The Bertz CT molecular complexity index is 761. The van der Waals surface area contributed by atoms with Crippen molar-refractivity contribution in [2.24, 2.45) is 0 Å². The van der Waals surface area contributed by atoms with Crippen LogP contribution in [-0.2, 0) is 19.4 Å². The third-order valence-corrected chi connectivity index (χ3v) is 4.40. The molecule has 2 heterocycles. The highest BCUT2D eigenvalue weighted by Crippen LogP contribution is 2.17. The number of nitrogens with zero attached hydrogens (tertiary/aromatic N) is 3. The van der Waals surface area contributed by atoms with Crippen molar-refractivity contribution in [3.05, 3.63) is 47.0 Å². The molecule has 2 aromatic rings. The van der Waals surface area contributed by atoms with Gasteiger partial charge in [-0.2, -0.15) is 0 Å². The van der Waals surface area contributed by atoms with Gasteiger partial charge >= 0.3 is 6.03 Å². The molecule has 2 N–H and O–H groups in total. The molecule has 0 aliphatic carbocycles. The zero-order valence-corrected chi connectivity index (χ0v) is 14.1. The Hall–Kier alpha value is -2.51. The van der Waals surface area contributed by atoms with Crippen LogP contribution in [0, 0.1) is 11.6 Å². The third kappa shape index (κ3) is 4.12. The van der Waals surface area contributed by atoms with Gasteiger partial charge in [-0.1, -0.05) is 13.0 Å². The van der Waals surface area contributed by atoms with Crippen molar-refractivity contribution in [1.29, 1.82) is 0 Å². The van der Waals surface area contributed by atoms with Gasteiger partial charge in [-0.25, -0.2) is 13.6 Å². The molecule has 8 heteroatoms. The molecule has 0 fully saturated rings. The summed E-state index contributed by atoms with van der Waals surface area (Å²) in [5.41, 5.74) is 0.637. The number of rotatable bonds is 6. The molecule has 2 amide bonds. The molecule has 0 saturated heterocycles. The summed E-state index contributed by atoms with van der Waals surface area (Å²) in [6, 6.07) is 3.48. The van der Waals surface area contributed by atoms with E-state index in [1.807, 2.05) is 6.92 Å². The summed E-state index contributed by atoms with van der Waals surface area (Å²) >= 11 is 0. The lowest BCUT2D eigenvalue weighted by Crippen LogP contribution is -2.38. The first-order valence-electron chi connectivity index (χ1n) is 8.42. The molecule has 1 aromatic heterocycles. The van der Waals surface area contributed by atoms with Crippen molar-refractivity contribution in [1.82, 2.24) is 25.4 Å². The van der Waals surface area contributed by atoms with E-state index in [1.165, 1.54) is 6.07 Å². The first-order chi connectivity index (χ1) is 12.0. The fraction of sp³-hybridized carbons (Fsp3) is 0.471. The van der Waals surface area contributed by atoms with E-state index in [9.17, 15) is 13.6 Å². The van der Waals surface area contributed by atoms with Crippen LogP contribution in [0.4, 0.5) is 13.6 Å². The highest BCUT2D eigenvalue weighted by molar-refractivity contribution is 5.73. The van der Waals surface area contributed by atoms with Gasteiger partial charge in [0.05, 0.1) is 0 Å². The Labute approximate surface area is 144 Å². The number of amides is 2. The van der Waals surface area contributed by atoms with Crippen molar-refractivity contribution < 1.29 is 13.6 Å². The maximum Gasteiger partial charge on any atom is 0.314 e. The Morgan fingerprint density at radius 2 is 2.12 bits per heavy atom. The van der Waals surface area contributed by atoms with Gasteiger partial charge in [0, 0.05) is 32.5 Å². The Kier molecular flexibility index (Phi) is 5.25. The summed E-state index contributed by atoms with van der Waals surface area (Å²) in [6.45, 7) is 3.57. The van der Waals surface area contributed by atoms with Crippen LogP contribution in [0.3, 0.4) is 0 Å². The van der Waals surface area contributed by atoms with Crippen LogP contribution in [-0.4, -0.2) is 33.9 Å². The zero-order valence-electron chi connectivity index (χ0n) is 14.1. The van der Waals surface area contributed by atoms with E-state index in [-0.39, 0.29) is 11.9 Å². The number of carbonyl (C=O) groups is 1. The summed E-state index contributed by atoms with van der Waals surface area (Å²) in [5.74, 6) is 0.0274. The molecule has 1 aliphatic rings. The SMILES string of the molecule is C[C@@H](CNC(=O)NCCc1nnc2n1CCC2)c1ccc(F)c(F)c1. The summed E-state index contributed by atoms with van der Waals surface area (Å²) in [7, 11) is 0. The molecule has 0 spiro atoms. The van der Waals surface area contributed by atoms with E-state index in [4.69, 9.17) is 0 Å². The molecule has 1 aliphatic heterocycles. The van der Waals surface area contributed by atoms with E-state index < -0.39 is 11.6 Å². The fourth-order valence-corrected chi connectivity index (χ4v) is 2.93. The number of hydrogen-bond acceptors (Lipinski definition) is 3. The maximum atomic E-state index is 13.2. The summed E-state index contributed by atoms with van der Waals surface area (Å²) in [6.07, 6.45) is 2.68. The minimum absolute atomic E-state index is 0.124. The lowest BCUT2D eigenvalue weighted by atomic mass is 10.0. The van der Waals surface area contributed by atoms with Gasteiger partial charge in [0.2, 0.25) is 0 Å². The molecular weight excluding hydrogens is 328 g/mol. The van der Waals surface area contributed by atoms with Crippen LogP contribution in [0.5, 0.6) is 0 Å². The van der Waals surface area contributed by atoms with Crippen molar-refractivity contribution in [2.75, 3.05) is 13.1 Å². The molecule has 0 radical (unpaired) electrons. The minimum atomic E-state index is -0.880. The van der Waals surface area contributed by atoms with Crippen LogP contribution in [0.1, 0.15) is 36.5 Å². The van der Waals surface area contributed by atoms with Gasteiger partial charge in [-0.05, 0) is 30.0 Å². The average Bonchev–Trinajstić information content (AvgIpc) is 3.20. The highest BCUT2D eigenvalue weighted by Gasteiger charge is 2.17. The summed E-state index contributed by atoms with van der Waals surface area (Å²) in [4.78, 5) is 11.9. The van der Waals surface area contributed by atoms with Crippen LogP contribution in [0.15, 0.2) is 18.2 Å². The maximum absolute atomic E-state index is 13.2. The Balaban J connectivity index is 1.41. The van der Waals surface area contributed by atoms with E-state index in [0.29, 0.717) is 25.1 Å². The van der Waals surface area contributed by atoms with Gasteiger partial charge in [0.1, 0.15) is 11.6 Å². The number of urea groups is 1. The Morgan fingerprint density at radius 1 is 1.28 bits per heavy atom. The molecule has 1 aromatic carbocycles. The van der Waals surface area contributed by atoms with Crippen LogP contribution in [0.2, 0.25) is 0 Å². The number of nitrogens with one attached hydrogen (secondary N) is 2. The van der Waals surface area contributed by atoms with Gasteiger partial charge in [-0.3, -0.25) is 0 Å². The lowest BCUT2D eigenvalue weighted by molar-refractivity contribution is 0.240. The van der Waals surface area contributed by atoms with E-state index in [2.05, 4.69) is 25.4 Å². The second-order valence-corrected chi connectivity index (χ2v) is 6.25. The van der Waals surface area contributed by atoms with E-state index in [1.54, 1.807) is 0 Å². The normalized spacial score (nSPS) is 14.2. The Morgan fingerprint density at radius 3 is 2.92 bits per heavy atom. The summed E-state index contributed by atoms with van der Waals surface area (Å²) in [5, 5.41) is 13.8. The number of fused-ring (bicyclic) bond motifs is 1. The molecule has 134 valence electrons. The van der Waals surface area contributed by atoms with E-state index in [0.717, 1.165) is 43.2 Å². The third-order valence-electron chi connectivity index (χ3n) is 4.40. The smallest absolute Gasteiger partial charge is 0.314 e. The second-order valence-electron chi connectivity index (χ2n) is 6.25. The quantitative estimate of drug-likeness (QED) is 0.839. The zero-order chi connectivity index (χ0) is 17.8. The van der Waals surface area contributed by atoms with Crippen LogP contribution >= 0.6 is 0 Å². The van der Waals surface area contributed by atoms with Gasteiger partial charge < -0.3 is 15.2 Å². The largest absolute Gasteiger partial charge is 0.338 e. The molecule has 6 nitrogen and oxygen atoms in total. The fourth-order valence-electron chi connectivity index (χ4n) is 2.93. The van der Waals surface area contributed by atoms with Crippen LogP contribution in [0.25, 0.3) is 0 Å². The first-order valence-corrected chi connectivity index (χ1v) is 8.42. The number of aryl methyl sites for hydroxylation is 1.